The van der Waals surface area contributed by atoms with Gasteiger partial charge in [-0.1, -0.05) is 26.0 Å². The van der Waals surface area contributed by atoms with Crippen molar-refractivity contribution >= 4 is 0 Å². The van der Waals surface area contributed by atoms with Gasteiger partial charge in [0, 0.05) is 1.37 Å². The van der Waals surface area contributed by atoms with Gasteiger partial charge >= 0.3 is 0 Å². The van der Waals surface area contributed by atoms with Crippen molar-refractivity contribution < 1.29 is 6.48 Å². The van der Waals surface area contributed by atoms with Crippen molar-refractivity contribution in [2.45, 2.75) is 32.8 Å². The van der Waals surface area contributed by atoms with Gasteiger partial charge in [-0.2, -0.15) is 0 Å². The first kappa shape index (κ1) is 5.48. The molecule has 2 atom stereocenters. The Labute approximate surface area is 57.8 Å². The van der Waals surface area contributed by atoms with Crippen LogP contribution < -0.4 is 0 Å². The van der Waals surface area contributed by atoms with Crippen LogP contribution in [-0.4, -0.2) is 11.2 Å². The van der Waals surface area contributed by atoms with Crippen LogP contribution >= 0.6 is 0 Å². The van der Waals surface area contributed by atoms with Crippen molar-refractivity contribution in [2.24, 2.45) is 5.41 Å². The highest BCUT2D eigenvalue weighted by Gasteiger charge is 2.27. The maximum atomic E-state index is 9.47. The third-order valence-electron chi connectivity index (χ3n) is 1.87. The highest BCUT2D eigenvalue weighted by Crippen LogP contribution is 2.31. The van der Waals surface area contributed by atoms with Crippen LogP contribution in [0.5, 0.6) is 0 Å². The number of aliphatic hydroxyl groups is 1. The quantitative estimate of drug-likeness (QED) is 0.491. The molecule has 1 heteroatoms. The summed E-state index contributed by atoms with van der Waals surface area (Å²) in [4.78, 5) is 0. The van der Waals surface area contributed by atoms with Gasteiger partial charge in [0.15, 0.2) is 0 Å². The molecule has 1 nitrogen and oxygen atoms in total. The van der Waals surface area contributed by atoms with E-state index in [0.29, 0.717) is 0 Å². The Bertz CT molecular complexity index is 151. The minimum atomic E-state index is -0.502. The molecule has 0 saturated carbocycles. The van der Waals surface area contributed by atoms with Crippen LogP contribution in [0.15, 0.2) is 12.2 Å². The Morgan fingerprint density at radius 2 is 2.33 bits per heavy atom. The standard InChI is InChI=1S/C8H14O/c1-8(2)6-4-3-5-7(8)9/h3-4,7,9H,5-6H2,1-2H3/t7-/m0/s1/i5D/t5-,7+/m1. The lowest BCUT2D eigenvalue weighted by molar-refractivity contribution is 0.0491. The third-order valence-corrected chi connectivity index (χ3v) is 1.87. The minimum Gasteiger partial charge on any atom is -0.392 e. The van der Waals surface area contributed by atoms with Gasteiger partial charge < -0.3 is 5.11 Å². The van der Waals surface area contributed by atoms with Gasteiger partial charge in [-0.3, -0.25) is 0 Å². The molecule has 0 bridgehead atoms. The summed E-state index contributed by atoms with van der Waals surface area (Å²) in [6.45, 7) is 3.98. The number of rotatable bonds is 0. The summed E-state index contributed by atoms with van der Waals surface area (Å²) in [5, 5.41) is 9.47. The van der Waals surface area contributed by atoms with Crippen molar-refractivity contribution in [3.63, 3.8) is 0 Å². The normalized spacial score (nSPS) is 42.3. The molecule has 0 heterocycles. The van der Waals surface area contributed by atoms with Gasteiger partial charge in [-0.15, -0.1) is 0 Å². The molecule has 0 aliphatic heterocycles. The topological polar surface area (TPSA) is 20.2 Å². The Balaban J connectivity index is 2.75. The van der Waals surface area contributed by atoms with Crippen LogP contribution in [0, 0.1) is 5.41 Å². The summed E-state index contributed by atoms with van der Waals surface area (Å²) in [7, 11) is 0. The summed E-state index contributed by atoms with van der Waals surface area (Å²) < 4.78 is 7.40. The Morgan fingerprint density at radius 1 is 1.67 bits per heavy atom. The van der Waals surface area contributed by atoms with Crippen molar-refractivity contribution in [1.82, 2.24) is 0 Å². The first-order valence-electron chi connectivity index (χ1n) is 3.89. The molecule has 0 aromatic rings. The molecule has 0 aromatic heterocycles. The van der Waals surface area contributed by atoms with Gasteiger partial charge in [-0.25, -0.2) is 0 Å². The predicted molar refractivity (Wildman–Crippen MR) is 38.2 cm³/mol. The van der Waals surface area contributed by atoms with Gasteiger partial charge in [0.25, 0.3) is 0 Å². The van der Waals surface area contributed by atoms with Crippen LogP contribution in [0.2, 0.25) is 0 Å². The smallest absolute Gasteiger partial charge is 0.0628 e. The predicted octanol–water partition coefficient (Wildman–Crippen LogP) is 1.72. The second-order valence-corrected chi connectivity index (χ2v) is 3.26. The number of hydrogen-bond acceptors (Lipinski definition) is 1. The molecule has 0 saturated heterocycles. The third kappa shape index (κ3) is 1.33. The van der Waals surface area contributed by atoms with E-state index in [1.54, 1.807) is 6.08 Å². The molecule has 0 radical (unpaired) electrons. The molecule has 52 valence electrons. The largest absolute Gasteiger partial charge is 0.392 e. The van der Waals surface area contributed by atoms with Crippen molar-refractivity contribution in [1.29, 1.82) is 0 Å². The van der Waals surface area contributed by atoms with E-state index in [9.17, 15) is 5.11 Å². The lowest BCUT2D eigenvalue weighted by Crippen LogP contribution is -2.30. The lowest BCUT2D eigenvalue weighted by Gasteiger charge is -2.31. The fourth-order valence-corrected chi connectivity index (χ4v) is 0.937. The molecular formula is C8H14O. The van der Waals surface area contributed by atoms with E-state index in [2.05, 4.69) is 0 Å². The van der Waals surface area contributed by atoms with E-state index >= 15 is 0 Å². The molecular weight excluding hydrogens is 112 g/mol. The number of hydrogen-bond donors (Lipinski definition) is 1. The van der Waals surface area contributed by atoms with Crippen molar-refractivity contribution in [2.75, 3.05) is 0 Å². The van der Waals surface area contributed by atoms with Gasteiger partial charge in [0.05, 0.1) is 6.10 Å². The molecule has 1 aliphatic carbocycles. The molecule has 0 amide bonds. The number of allylic oxidation sites excluding steroid dienone is 1. The summed E-state index contributed by atoms with van der Waals surface area (Å²) in [6, 6.07) is 0. The van der Waals surface area contributed by atoms with E-state index in [-0.39, 0.29) is 5.41 Å². The maximum Gasteiger partial charge on any atom is 0.0628 e. The average molecular weight is 127 g/mol. The van der Waals surface area contributed by atoms with E-state index < -0.39 is 12.5 Å². The van der Waals surface area contributed by atoms with E-state index in [1.807, 2.05) is 19.9 Å². The molecule has 1 rings (SSSR count). The van der Waals surface area contributed by atoms with Crippen LogP contribution in [0.3, 0.4) is 0 Å². The first-order valence-corrected chi connectivity index (χ1v) is 3.31. The highest BCUT2D eigenvalue weighted by molar-refractivity contribution is 4.98. The first-order chi connectivity index (χ1) is 4.54. The molecule has 1 aliphatic rings. The van der Waals surface area contributed by atoms with Crippen LogP contribution in [0.4, 0.5) is 0 Å². The van der Waals surface area contributed by atoms with Crippen LogP contribution in [0.1, 0.15) is 28.0 Å². The molecule has 0 fully saturated rings. The lowest BCUT2D eigenvalue weighted by atomic mass is 9.78. The SMILES string of the molecule is [2H][C@@H]1C=CCC(C)(C)[C@H]1O. The Morgan fingerprint density at radius 3 is 2.78 bits per heavy atom. The highest BCUT2D eigenvalue weighted by atomic mass is 16.3. The van der Waals surface area contributed by atoms with Crippen LogP contribution in [-0.2, 0) is 0 Å². The zero-order valence-electron chi connectivity index (χ0n) is 6.96. The number of aliphatic hydroxyl groups excluding tert-OH is 1. The molecule has 0 aromatic carbocycles. The monoisotopic (exact) mass is 127 g/mol. The minimum absolute atomic E-state index is 0.110. The van der Waals surface area contributed by atoms with Gasteiger partial charge in [0.2, 0.25) is 0 Å². The molecule has 0 unspecified atom stereocenters. The second-order valence-electron chi connectivity index (χ2n) is 3.26. The zero-order valence-corrected chi connectivity index (χ0v) is 5.96. The maximum absolute atomic E-state index is 9.47. The van der Waals surface area contributed by atoms with E-state index in [0.717, 1.165) is 6.42 Å². The van der Waals surface area contributed by atoms with Crippen LogP contribution in [0.25, 0.3) is 0 Å². The summed E-state index contributed by atoms with van der Waals surface area (Å²) in [5.74, 6) is 0. The van der Waals surface area contributed by atoms with Gasteiger partial charge in [0.1, 0.15) is 0 Å². The van der Waals surface area contributed by atoms with Crippen molar-refractivity contribution in [3.8, 4) is 0 Å². The van der Waals surface area contributed by atoms with Crippen molar-refractivity contribution in [3.05, 3.63) is 12.2 Å². The second kappa shape index (κ2) is 2.14. The van der Waals surface area contributed by atoms with E-state index in [1.165, 1.54) is 0 Å². The summed E-state index contributed by atoms with van der Waals surface area (Å²) in [5.41, 5.74) is -0.110. The summed E-state index contributed by atoms with van der Waals surface area (Å²) in [6.07, 6.45) is 3.69. The fraction of sp³-hybridized carbons (Fsp3) is 0.750. The van der Waals surface area contributed by atoms with E-state index in [4.69, 9.17) is 1.37 Å². The van der Waals surface area contributed by atoms with Gasteiger partial charge in [-0.05, 0) is 18.2 Å². The molecule has 0 spiro atoms. The average Bonchev–Trinajstić information content (AvgIpc) is 1.83. The zero-order chi connectivity index (χ0) is 7.78. The Hall–Kier alpha value is -0.300. The Kier molecular flexibility index (Phi) is 1.31. The molecule has 1 N–H and O–H groups in total. The molecule has 9 heavy (non-hydrogen) atoms. The fourth-order valence-electron chi connectivity index (χ4n) is 0.937. The summed E-state index contributed by atoms with van der Waals surface area (Å²) >= 11 is 0.